The molecular weight excluding hydrogens is 358 g/mol. The van der Waals surface area contributed by atoms with Crippen molar-refractivity contribution >= 4 is 36.0 Å². The normalized spacial score (nSPS) is 16.4. The highest BCUT2D eigenvalue weighted by Crippen LogP contribution is 2.31. The first-order chi connectivity index (χ1) is 12.7. The summed E-state index contributed by atoms with van der Waals surface area (Å²) in [5.41, 5.74) is 4.77. The second kappa shape index (κ2) is 8.10. The van der Waals surface area contributed by atoms with Crippen LogP contribution in [0.4, 0.5) is 11.5 Å². The van der Waals surface area contributed by atoms with Gasteiger partial charge in [0.15, 0.2) is 5.82 Å². The summed E-state index contributed by atoms with van der Waals surface area (Å²) in [5.74, 6) is 1.16. The zero-order valence-corrected chi connectivity index (χ0v) is 16.6. The molecule has 1 N–H and O–H groups in total. The van der Waals surface area contributed by atoms with Gasteiger partial charge in [0.05, 0.1) is 11.2 Å². The number of aliphatic hydroxyl groups excluding tert-OH is 1. The summed E-state index contributed by atoms with van der Waals surface area (Å²) >= 11 is 0. The van der Waals surface area contributed by atoms with Crippen molar-refractivity contribution in [1.29, 1.82) is 0 Å². The summed E-state index contributed by atoms with van der Waals surface area (Å²) in [6.45, 7) is 1.90. The smallest absolute Gasteiger partial charge is 0.157 e. The van der Waals surface area contributed by atoms with Gasteiger partial charge in [-0.05, 0) is 24.6 Å². The molecule has 1 aliphatic rings. The molecule has 0 bridgehead atoms. The van der Waals surface area contributed by atoms with Crippen LogP contribution in [0.5, 0.6) is 0 Å². The van der Waals surface area contributed by atoms with Crippen molar-refractivity contribution in [1.82, 2.24) is 15.0 Å². The lowest BCUT2D eigenvalue weighted by atomic mass is 10.1. The first-order valence-electron chi connectivity index (χ1n) is 8.91. The average Bonchev–Trinajstić information content (AvgIpc) is 3.16. The molecule has 142 valence electrons. The van der Waals surface area contributed by atoms with Gasteiger partial charge in [-0.15, -0.1) is 0 Å². The quantitative estimate of drug-likeness (QED) is 0.747. The minimum atomic E-state index is 0. The molecule has 6 nitrogen and oxygen atoms in total. The Morgan fingerprint density at radius 2 is 1.89 bits per heavy atom. The third-order valence-electron chi connectivity index (χ3n) is 4.96. The highest BCUT2D eigenvalue weighted by atomic mass is 32.1. The van der Waals surface area contributed by atoms with Gasteiger partial charge in [0.1, 0.15) is 5.52 Å². The molecule has 27 heavy (non-hydrogen) atoms. The van der Waals surface area contributed by atoms with Gasteiger partial charge in [-0.2, -0.15) is 13.5 Å². The van der Waals surface area contributed by atoms with Crippen LogP contribution in [0, 0.1) is 5.92 Å². The zero-order valence-electron chi connectivity index (χ0n) is 15.6. The molecule has 0 spiro atoms. The first kappa shape index (κ1) is 19.4. The summed E-state index contributed by atoms with van der Waals surface area (Å²) in [7, 11) is 4.06. The van der Waals surface area contributed by atoms with E-state index in [-0.39, 0.29) is 20.1 Å². The summed E-state index contributed by atoms with van der Waals surface area (Å²) in [6, 6.07) is 10.4. The van der Waals surface area contributed by atoms with Gasteiger partial charge in [-0.25, -0.2) is 9.97 Å². The van der Waals surface area contributed by atoms with Crippen LogP contribution in [0.1, 0.15) is 6.42 Å². The second-order valence-corrected chi connectivity index (χ2v) is 6.98. The number of hydrogen-bond donors (Lipinski definition) is 1. The van der Waals surface area contributed by atoms with E-state index in [1.165, 1.54) is 0 Å². The predicted molar refractivity (Wildman–Crippen MR) is 115 cm³/mol. The van der Waals surface area contributed by atoms with Crippen LogP contribution >= 0.6 is 13.5 Å². The molecule has 3 aromatic rings. The van der Waals surface area contributed by atoms with Crippen LogP contribution in [0.3, 0.4) is 0 Å². The lowest BCUT2D eigenvalue weighted by molar-refractivity contribution is 0.238. The summed E-state index contributed by atoms with van der Waals surface area (Å²) in [4.78, 5) is 18.2. The highest BCUT2D eigenvalue weighted by Gasteiger charge is 2.25. The Morgan fingerprint density at radius 1 is 1.15 bits per heavy atom. The molecule has 0 amide bonds. The molecule has 1 fully saturated rings. The summed E-state index contributed by atoms with van der Waals surface area (Å²) < 4.78 is 0. The van der Waals surface area contributed by atoms with Gasteiger partial charge in [-0.3, -0.25) is 4.98 Å². The SMILES string of the molecule is CN(C)c1ccc(-c2cc3nccnc3c(N3CC[C@H](CO)C3)n2)cc1.S. The maximum absolute atomic E-state index is 9.47. The molecule has 1 saturated heterocycles. The number of anilines is 2. The Labute approximate surface area is 166 Å². The molecule has 0 unspecified atom stereocenters. The monoisotopic (exact) mass is 383 g/mol. The summed E-state index contributed by atoms with van der Waals surface area (Å²) in [5, 5.41) is 9.47. The van der Waals surface area contributed by atoms with Gasteiger partial charge >= 0.3 is 0 Å². The van der Waals surface area contributed by atoms with E-state index in [1.54, 1.807) is 12.4 Å². The Bertz CT molecular complexity index is 916. The van der Waals surface area contributed by atoms with Crippen molar-refractivity contribution in [3.05, 3.63) is 42.7 Å². The van der Waals surface area contributed by atoms with E-state index in [2.05, 4.69) is 44.0 Å². The number of benzene rings is 1. The van der Waals surface area contributed by atoms with E-state index < -0.39 is 0 Å². The minimum absolute atomic E-state index is 0. The molecule has 7 heteroatoms. The van der Waals surface area contributed by atoms with E-state index in [0.29, 0.717) is 5.92 Å². The van der Waals surface area contributed by atoms with Crippen LogP contribution in [-0.2, 0) is 0 Å². The third kappa shape index (κ3) is 3.84. The van der Waals surface area contributed by atoms with Crippen molar-refractivity contribution in [3.63, 3.8) is 0 Å². The number of rotatable bonds is 4. The second-order valence-electron chi connectivity index (χ2n) is 6.98. The predicted octanol–water partition coefficient (Wildman–Crippen LogP) is 2.69. The van der Waals surface area contributed by atoms with Gasteiger partial charge in [0.25, 0.3) is 0 Å². The Hall–Kier alpha value is -2.38. The number of pyridine rings is 1. The fourth-order valence-electron chi connectivity index (χ4n) is 3.43. The van der Waals surface area contributed by atoms with Crippen molar-refractivity contribution in [3.8, 4) is 11.3 Å². The molecular formula is C20H25N5OS. The number of nitrogens with zero attached hydrogens (tertiary/aromatic N) is 5. The third-order valence-corrected chi connectivity index (χ3v) is 4.96. The minimum Gasteiger partial charge on any atom is -0.396 e. The van der Waals surface area contributed by atoms with Crippen molar-refractivity contribution in [2.45, 2.75) is 6.42 Å². The first-order valence-corrected chi connectivity index (χ1v) is 8.91. The molecule has 1 aliphatic heterocycles. The van der Waals surface area contributed by atoms with Crippen molar-refractivity contribution < 1.29 is 5.11 Å². The lowest BCUT2D eigenvalue weighted by Crippen LogP contribution is -2.22. The van der Waals surface area contributed by atoms with E-state index in [0.717, 1.165) is 53.3 Å². The maximum atomic E-state index is 9.47. The van der Waals surface area contributed by atoms with Gasteiger partial charge < -0.3 is 14.9 Å². The van der Waals surface area contributed by atoms with E-state index in [1.807, 2.05) is 20.2 Å². The lowest BCUT2D eigenvalue weighted by Gasteiger charge is -2.20. The largest absolute Gasteiger partial charge is 0.396 e. The van der Waals surface area contributed by atoms with Gasteiger partial charge in [0, 0.05) is 63.4 Å². The molecule has 1 aromatic carbocycles. The maximum Gasteiger partial charge on any atom is 0.157 e. The Kier molecular flexibility index (Phi) is 5.82. The van der Waals surface area contributed by atoms with Crippen LogP contribution < -0.4 is 9.80 Å². The van der Waals surface area contributed by atoms with Crippen LogP contribution in [0.25, 0.3) is 22.3 Å². The van der Waals surface area contributed by atoms with E-state index >= 15 is 0 Å². The molecule has 3 heterocycles. The fraction of sp³-hybridized carbons (Fsp3) is 0.350. The number of aliphatic hydroxyl groups is 1. The van der Waals surface area contributed by atoms with Crippen molar-refractivity contribution in [2.24, 2.45) is 5.92 Å². The van der Waals surface area contributed by atoms with Crippen LogP contribution in [0.2, 0.25) is 0 Å². The average molecular weight is 384 g/mol. The van der Waals surface area contributed by atoms with E-state index in [9.17, 15) is 5.11 Å². The molecule has 0 saturated carbocycles. The van der Waals surface area contributed by atoms with Crippen LogP contribution in [-0.4, -0.2) is 53.9 Å². The van der Waals surface area contributed by atoms with Crippen molar-refractivity contribution in [2.75, 3.05) is 43.6 Å². The highest BCUT2D eigenvalue weighted by molar-refractivity contribution is 7.59. The molecule has 0 radical (unpaired) electrons. The number of fused-ring (bicyclic) bond motifs is 1. The number of hydrogen-bond acceptors (Lipinski definition) is 6. The topological polar surface area (TPSA) is 65.4 Å². The molecule has 0 aliphatic carbocycles. The Balaban J connectivity index is 0.00000210. The molecule has 2 aromatic heterocycles. The van der Waals surface area contributed by atoms with E-state index in [4.69, 9.17) is 4.98 Å². The summed E-state index contributed by atoms with van der Waals surface area (Å²) in [6.07, 6.45) is 4.39. The van der Waals surface area contributed by atoms with Gasteiger partial charge in [0.2, 0.25) is 0 Å². The number of aromatic nitrogens is 3. The van der Waals surface area contributed by atoms with Crippen LogP contribution in [0.15, 0.2) is 42.7 Å². The Morgan fingerprint density at radius 3 is 2.56 bits per heavy atom. The van der Waals surface area contributed by atoms with Gasteiger partial charge in [-0.1, -0.05) is 12.1 Å². The fourth-order valence-corrected chi connectivity index (χ4v) is 3.43. The molecule has 4 rings (SSSR count). The standard InChI is InChI=1S/C20H23N5O.H2S/c1-24(2)16-5-3-15(4-6-16)17-11-18-19(22-9-8-21-18)20(23-17)25-10-7-14(12-25)13-26;/h3-6,8-9,11,14,26H,7,10,12-13H2,1-2H3;1H2/t14-;/m0./s1. The zero-order chi connectivity index (χ0) is 18.1. The molecule has 1 atom stereocenters.